The molecule has 0 spiro atoms. The predicted molar refractivity (Wildman–Crippen MR) is 72.6 cm³/mol. The van der Waals surface area contributed by atoms with Crippen LogP contribution in [0.4, 0.5) is 0 Å². The molecule has 0 radical (unpaired) electrons. The molecule has 1 atom stereocenters. The van der Waals surface area contributed by atoms with Gasteiger partial charge in [0.05, 0.1) is 10.7 Å². The van der Waals surface area contributed by atoms with Gasteiger partial charge in [-0.15, -0.1) is 0 Å². The summed E-state index contributed by atoms with van der Waals surface area (Å²) in [5.41, 5.74) is 0. The Bertz CT molecular complexity index is 574. The number of aryl methyl sites for hydroxylation is 1. The molecule has 0 aliphatic heterocycles. The molecular formula is C13H15BrN2O3. The Morgan fingerprint density at radius 3 is 2.74 bits per heavy atom. The van der Waals surface area contributed by atoms with Crippen LogP contribution in [0, 0.1) is 5.92 Å². The van der Waals surface area contributed by atoms with Gasteiger partial charge in [-0.2, -0.15) is 0 Å². The van der Waals surface area contributed by atoms with Crippen LogP contribution < -0.4 is 0 Å². The maximum absolute atomic E-state index is 12.1. The number of imidazole rings is 1. The van der Waals surface area contributed by atoms with Gasteiger partial charge in [0.1, 0.15) is 5.82 Å². The van der Waals surface area contributed by atoms with E-state index >= 15 is 0 Å². The van der Waals surface area contributed by atoms with Gasteiger partial charge in [0.2, 0.25) is 5.76 Å². The topological polar surface area (TPSA) is 57.3 Å². The van der Waals surface area contributed by atoms with Gasteiger partial charge in [0.15, 0.2) is 6.10 Å². The molecule has 0 N–H and O–H groups in total. The van der Waals surface area contributed by atoms with Crippen molar-refractivity contribution in [3.63, 3.8) is 0 Å². The molecular weight excluding hydrogens is 312 g/mol. The van der Waals surface area contributed by atoms with Crippen LogP contribution in [0.1, 0.15) is 36.3 Å². The van der Waals surface area contributed by atoms with Crippen molar-refractivity contribution >= 4 is 21.9 Å². The summed E-state index contributed by atoms with van der Waals surface area (Å²) in [7, 11) is 1.87. The summed E-state index contributed by atoms with van der Waals surface area (Å²) in [5, 5.41) is 0. The lowest BCUT2D eigenvalue weighted by atomic mass is 10.1. The third kappa shape index (κ3) is 2.89. The van der Waals surface area contributed by atoms with E-state index in [9.17, 15) is 4.79 Å². The lowest BCUT2D eigenvalue weighted by molar-refractivity contribution is 0.0107. The average Bonchev–Trinajstić information content (AvgIpc) is 2.94. The first-order valence-corrected chi connectivity index (χ1v) is 6.71. The summed E-state index contributed by atoms with van der Waals surface area (Å²) in [5.74, 6) is 0.489. The normalized spacial score (nSPS) is 12.7. The number of carbonyl (C=O) groups is 1. The van der Waals surface area contributed by atoms with Crippen molar-refractivity contribution in [2.75, 3.05) is 0 Å². The standard InChI is InChI=1S/C13H15BrN2O3/c1-8(2)10(12-15-5-6-16(12)3)19-13(17)11-9(14)4-7-18-11/h4-8,10H,1-3H3/t10-/m0/s1. The summed E-state index contributed by atoms with van der Waals surface area (Å²) in [6.45, 7) is 3.95. The third-order valence-electron chi connectivity index (χ3n) is 2.76. The number of esters is 1. The summed E-state index contributed by atoms with van der Waals surface area (Å²) < 4.78 is 13.0. The Hall–Kier alpha value is -1.56. The van der Waals surface area contributed by atoms with Crippen LogP contribution in [0.5, 0.6) is 0 Å². The van der Waals surface area contributed by atoms with E-state index in [1.165, 1.54) is 6.26 Å². The Balaban J connectivity index is 2.21. The predicted octanol–water partition coefficient (Wildman–Crippen LogP) is 3.33. The molecule has 0 saturated carbocycles. The van der Waals surface area contributed by atoms with Gasteiger partial charge in [-0.3, -0.25) is 0 Å². The second-order valence-electron chi connectivity index (χ2n) is 4.56. The second kappa shape index (κ2) is 5.61. The van der Waals surface area contributed by atoms with Crippen LogP contribution in [0.2, 0.25) is 0 Å². The highest BCUT2D eigenvalue weighted by Gasteiger charge is 2.27. The van der Waals surface area contributed by atoms with Gasteiger partial charge in [0.25, 0.3) is 0 Å². The van der Waals surface area contributed by atoms with Crippen LogP contribution in [-0.4, -0.2) is 15.5 Å². The van der Waals surface area contributed by atoms with E-state index in [0.29, 0.717) is 10.3 Å². The third-order valence-corrected chi connectivity index (χ3v) is 3.38. The van der Waals surface area contributed by atoms with Gasteiger partial charge in [-0.1, -0.05) is 13.8 Å². The molecule has 0 aromatic carbocycles. The van der Waals surface area contributed by atoms with E-state index < -0.39 is 12.1 Å². The van der Waals surface area contributed by atoms with E-state index in [1.807, 2.05) is 31.7 Å². The van der Waals surface area contributed by atoms with Gasteiger partial charge in [0, 0.05) is 19.4 Å². The molecule has 2 heterocycles. The van der Waals surface area contributed by atoms with Crippen LogP contribution >= 0.6 is 15.9 Å². The van der Waals surface area contributed by atoms with E-state index in [1.54, 1.807) is 12.3 Å². The molecule has 0 unspecified atom stereocenters. The molecule has 2 aromatic rings. The minimum atomic E-state index is -0.501. The van der Waals surface area contributed by atoms with Crippen LogP contribution in [-0.2, 0) is 11.8 Å². The molecule has 102 valence electrons. The molecule has 0 amide bonds. The van der Waals surface area contributed by atoms with E-state index in [0.717, 1.165) is 0 Å². The molecule has 0 bridgehead atoms. The van der Waals surface area contributed by atoms with Crippen LogP contribution in [0.3, 0.4) is 0 Å². The SMILES string of the molecule is CC(C)[C@H](OC(=O)c1occc1Br)c1nccn1C. The van der Waals surface area contributed by atoms with Crippen LogP contribution in [0.25, 0.3) is 0 Å². The summed E-state index contributed by atoms with van der Waals surface area (Å²) in [4.78, 5) is 16.3. The maximum Gasteiger partial charge on any atom is 0.376 e. The molecule has 19 heavy (non-hydrogen) atoms. The summed E-state index contributed by atoms with van der Waals surface area (Å²) in [6.07, 6.45) is 4.53. The maximum atomic E-state index is 12.1. The molecule has 6 heteroatoms. The first-order valence-electron chi connectivity index (χ1n) is 5.92. The van der Waals surface area contributed by atoms with Crippen LogP contribution in [0.15, 0.2) is 33.6 Å². The minimum absolute atomic E-state index is 0.110. The highest BCUT2D eigenvalue weighted by atomic mass is 79.9. The minimum Gasteiger partial charge on any atom is -0.456 e. The van der Waals surface area contributed by atoms with E-state index in [4.69, 9.17) is 9.15 Å². The first-order chi connectivity index (χ1) is 9.00. The van der Waals surface area contributed by atoms with Crippen molar-refractivity contribution in [3.8, 4) is 0 Å². The molecule has 5 nitrogen and oxygen atoms in total. The van der Waals surface area contributed by atoms with Crippen molar-refractivity contribution in [2.24, 2.45) is 13.0 Å². The second-order valence-corrected chi connectivity index (χ2v) is 5.42. The van der Waals surface area contributed by atoms with E-state index in [2.05, 4.69) is 20.9 Å². The number of rotatable bonds is 4. The Morgan fingerprint density at radius 2 is 2.26 bits per heavy atom. The summed E-state index contributed by atoms with van der Waals surface area (Å²) >= 11 is 3.24. The highest BCUT2D eigenvalue weighted by Crippen LogP contribution is 2.27. The fourth-order valence-electron chi connectivity index (χ4n) is 1.75. The van der Waals surface area contributed by atoms with Crippen molar-refractivity contribution in [1.29, 1.82) is 0 Å². The fraction of sp³-hybridized carbons (Fsp3) is 0.385. The first kappa shape index (κ1) is 13.9. The van der Waals surface area contributed by atoms with Gasteiger partial charge >= 0.3 is 5.97 Å². The number of halogens is 1. The Morgan fingerprint density at radius 1 is 1.53 bits per heavy atom. The zero-order chi connectivity index (χ0) is 14.0. The van der Waals surface area contributed by atoms with Crippen molar-refractivity contribution in [3.05, 3.63) is 40.8 Å². The van der Waals surface area contributed by atoms with Crippen molar-refractivity contribution in [1.82, 2.24) is 9.55 Å². The zero-order valence-corrected chi connectivity index (χ0v) is 12.5. The molecule has 0 aliphatic carbocycles. The Labute approximate surface area is 119 Å². The lowest BCUT2D eigenvalue weighted by Crippen LogP contribution is -2.19. The Kier molecular flexibility index (Phi) is 4.09. The molecule has 0 saturated heterocycles. The largest absolute Gasteiger partial charge is 0.456 e. The van der Waals surface area contributed by atoms with Gasteiger partial charge < -0.3 is 13.7 Å². The fourth-order valence-corrected chi connectivity index (χ4v) is 2.11. The number of hydrogen-bond acceptors (Lipinski definition) is 4. The van der Waals surface area contributed by atoms with Crippen molar-refractivity contribution < 1.29 is 13.9 Å². The van der Waals surface area contributed by atoms with Gasteiger partial charge in [-0.25, -0.2) is 9.78 Å². The average molecular weight is 327 g/mol. The lowest BCUT2D eigenvalue weighted by Gasteiger charge is -2.20. The number of carbonyl (C=O) groups excluding carboxylic acids is 1. The molecule has 2 aromatic heterocycles. The molecule has 0 aliphatic rings. The van der Waals surface area contributed by atoms with Crippen molar-refractivity contribution in [2.45, 2.75) is 20.0 Å². The van der Waals surface area contributed by atoms with Gasteiger partial charge in [-0.05, 0) is 27.9 Å². The number of hydrogen-bond donors (Lipinski definition) is 0. The smallest absolute Gasteiger partial charge is 0.376 e. The monoisotopic (exact) mass is 326 g/mol. The van der Waals surface area contributed by atoms with E-state index in [-0.39, 0.29) is 11.7 Å². The number of nitrogens with zero attached hydrogens (tertiary/aromatic N) is 2. The summed E-state index contributed by atoms with van der Waals surface area (Å²) in [6, 6.07) is 1.65. The number of aromatic nitrogens is 2. The number of furan rings is 1. The molecule has 0 fully saturated rings. The quantitative estimate of drug-likeness (QED) is 0.808. The molecule has 2 rings (SSSR count). The zero-order valence-electron chi connectivity index (χ0n) is 11.0. The number of ether oxygens (including phenoxy) is 1. The highest BCUT2D eigenvalue weighted by molar-refractivity contribution is 9.10.